The third-order valence-corrected chi connectivity index (χ3v) is 1.88. The summed E-state index contributed by atoms with van der Waals surface area (Å²) < 4.78 is 13.4. The van der Waals surface area contributed by atoms with Crippen molar-refractivity contribution in [2.24, 2.45) is 0 Å². The minimum absolute atomic E-state index is 0.0134. The van der Waals surface area contributed by atoms with Gasteiger partial charge in [0.1, 0.15) is 5.82 Å². The average molecular weight is 192 g/mol. The third-order valence-electron chi connectivity index (χ3n) is 1.88. The molecule has 0 aromatic heterocycles. The number of rotatable bonds is 1. The van der Waals surface area contributed by atoms with E-state index in [1.807, 2.05) is 19.9 Å². The van der Waals surface area contributed by atoms with Crippen LogP contribution in [-0.4, -0.2) is 11.7 Å². The summed E-state index contributed by atoms with van der Waals surface area (Å²) in [6.45, 7) is 3.69. The van der Waals surface area contributed by atoms with Gasteiger partial charge in [-0.2, -0.15) is 0 Å². The van der Waals surface area contributed by atoms with Crippen molar-refractivity contribution in [3.05, 3.63) is 34.6 Å². The number of halogens is 1. The monoisotopic (exact) mass is 192 g/mol. The normalized spacial score (nSPS) is 9.43. The number of hydrogen-bond acceptors (Lipinski definition) is 1. The van der Waals surface area contributed by atoms with Gasteiger partial charge in [0, 0.05) is 6.42 Å². The molecule has 0 saturated heterocycles. The lowest BCUT2D eigenvalue weighted by molar-refractivity contribution is 0.305. The van der Waals surface area contributed by atoms with Crippen molar-refractivity contribution in [3.63, 3.8) is 0 Å². The van der Waals surface area contributed by atoms with E-state index >= 15 is 0 Å². The van der Waals surface area contributed by atoms with Gasteiger partial charge in [0.25, 0.3) is 0 Å². The highest BCUT2D eigenvalue weighted by atomic mass is 19.1. The summed E-state index contributed by atoms with van der Waals surface area (Å²) in [6.07, 6.45) is 0.382. The van der Waals surface area contributed by atoms with E-state index in [2.05, 4.69) is 11.8 Å². The van der Waals surface area contributed by atoms with Gasteiger partial charge in [-0.05, 0) is 31.0 Å². The molecule has 1 rings (SSSR count). The minimum atomic E-state index is -0.284. The van der Waals surface area contributed by atoms with Gasteiger partial charge in [-0.25, -0.2) is 4.39 Å². The Morgan fingerprint density at radius 3 is 2.64 bits per heavy atom. The zero-order chi connectivity index (χ0) is 10.6. The second-order valence-electron chi connectivity index (χ2n) is 3.21. The van der Waals surface area contributed by atoms with Gasteiger partial charge in [0.15, 0.2) is 0 Å². The maximum Gasteiger partial charge on any atom is 0.139 e. The van der Waals surface area contributed by atoms with Gasteiger partial charge in [0.2, 0.25) is 0 Å². The third kappa shape index (κ3) is 2.58. The average Bonchev–Trinajstić information content (AvgIpc) is 2.09. The molecule has 0 amide bonds. The molecule has 2 heteroatoms. The number of aliphatic hydroxyl groups is 1. The molecule has 0 aliphatic carbocycles. The van der Waals surface area contributed by atoms with Crippen LogP contribution in [0.3, 0.4) is 0 Å². The SMILES string of the molecule is Cc1cc(C)c(C#CCCO)c(F)c1. The number of aliphatic hydroxyl groups excluding tert-OH is 1. The van der Waals surface area contributed by atoms with E-state index in [0.29, 0.717) is 12.0 Å². The van der Waals surface area contributed by atoms with Crippen molar-refractivity contribution in [1.82, 2.24) is 0 Å². The standard InChI is InChI=1S/C12H13FO/c1-9-7-10(2)11(12(13)8-9)5-3-4-6-14/h7-8,14H,4,6H2,1-2H3. The highest BCUT2D eigenvalue weighted by Gasteiger charge is 2.03. The fourth-order valence-corrected chi connectivity index (χ4v) is 1.28. The van der Waals surface area contributed by atoms with E-state index in [1.54, 1.807) is 0 Å². The Morgan fingerprint density at radius 1 is 1.36 bits per heavy atom. The highest BCUT2D eigenvalue weighted by Crippen LogP contribution is 2.14. The molecular weight excluding hydrogens is 179 g/mol. The summed E-state index contributed by atoms with van der Waals surface area (Å²) in [4.78, 5) is 0. The van der Waals surface area contributed by atoms with Crippen LogP contribution < -0.4 is 0 Å². The van der Waals surface area contributed by atoms with Crippen LogP contribution in [0.4, 0.5) is 4.39 Å². The van der Waals surface area contributed by atoms with Crippen molar-refractivity contribution in [2.75, 3.05) is 6.61 Å². The maximum absolute atomic E-state index is 13.4. The number of hydrogen-bond donors (Lipinski definition) is 1. The van der Waals surface area contributed by atoms with E-state index in [-0.39, 0.29) is 12.4 Å². The molecule has 1 N–H and O–H groups in total. The van der Waals surface area contributed by atoms with Crippen molar-refractivity contribution < 1.29 is 9.50 Å². The van der Waals surface area contributed by atoms with E-state index in [4.69, 9.17) is 5.11 Å². The summed E-state index contributed by atoms with van der Waals surface area (Å²) in [5.41, 5.74) is 2.17. The molecule has 0 fully saturated rings. The first-order chi connectivity index (χ1) is 6.65. The van der Waals surface area contributed by atoms with Gasteiger partial charge in [-0.3, -0.25) is 0 Å². The summed E-state index contributed by atoms with van der Waals surface area (Å²) in [7, 11) is 0. The van der Waals surface area contributed by atoms with Crippen molar-refractivity contribution >= 4 is 0 Å². The predicted molar refractivity (Wildman–Crippen MR) is 54.5 cm³/mol. The Morgan fingerprint density at radius 2 is 2.07 bits per heavy atom. The van der Waals surface area contributed by atoms with Crippen LogP contribution in [0.1, 0.15) is 23.1 Å². The quantitative estimate of drug-likeness (QED) is 0.676. The van der Waals surface area contributed by atoms with Crippen molar-refractivity contribution in [2.45, 2.75) is 20.3 Å². The molecule has 0 spiro atoms. The van der Waals surface area contributed by atoms with Crippen LogP contribution in [0.5, 0.6) is 0 Å². The lowest BCUT2D eigenvalue weighted by atomic mass is 10.1. The molecule has 0 atom stereocenters. The fourth-order valence-electron chi connectivity index (χ4n) is 1.28. The van der Waals surface area contributed by atoms with Gasteiger partial charge in [-0.1, -0.05) is 17.9 Å². The van der Waals surface area contributed by atoms with Crippen LogP contribution in [0, 0.1) is 31.5 Å². The van der Waals surface area contributed by atoms with Crippen LogP contribution in [0.15, 0.2) is 12.1 Å². The zero-order valence-corrected chi connectivity index (χ0v) is 8.39. The topological polar surface area (TPSA) is 20.2 Å². The Labute approximate surface area is 83.6 Å². The number of benzene rings is 1. The minimum Gasteiger partial charge on any atom is -0.395 e. The van der Waals surface area contributed by atoms with Gasteiger partial charge in [-0.15, -0.1) is 0 Å². The second-order valence-corrected chi connectivity index (χ2v) is 3.21. The molecule has 0 saturated carbocycles. The molecule has 0 radical (unpaired) electrons. The lowest BCUT2D eigenvalue weighted by Gasteiger charge is -2.01. The Kier molecular flexibility index (Phi) is 3.67. The molecule has 0 heterocycles. The zero-order valence-electron chi connectivity index (χ0n) is 8.39. The predicted octanol–water partition coefficient (Wildman–Crippen LogP) is 2.18. The molecule has 0 bridgehead atoms. The number of aryl methyl sites for hydroxylation is 2. The molecule has 0 aliphatic heterocycles. The van der Waals surface area contributed by atoms with Crippen LogP contribution >= 0.6 is 0 Å². The lowest BCUT2D eigenvalue weighted by Crippen LogP contribution is -1.90. The first kappa shape index (κ1) is 10.7. The molecule has 14 heavy (non-hydrogen) atoms. The van der Waals surface area contributed by atoms with E-state index in [9.17, 15) is 4.39 Å². The smallest absolute Gasteiger partial charge is 0.139 e. The first-order valence-electron chi connectivity index (χ1n) is 4.51. The molecule has 0 unspecified atom stereocenters. The van der Waals surface area contributed by atoms with E-state index in [1.165, 1.54) is 6.07 Å². The van der Waals surface area contributed by atoms with Crippen LogP contribution in [0.25, 0.3) is 0 Å². The molecule has 74 valence electrons. The fraction of sp³-hybridized carbons (Fsp3) is 0.333. The van der Waals surface area contributed by atoms with Crippen molar-refractivity contribution in [1.29, 1.82) is 0 Å². The maximum atomic E-state index is 13.4. The summed E-state index contributed by atoms with van der Waals surface area (Å²) in [5.74, 6) is 5.15. The highest BCUT2D eigenvalue weighted by molar-refractivity contribution is 5.43. The summed E-state index contributed by atoms with van der Waals surface area (Å²) in [5, 5.41) is 8.53. The summed E-state index contributed by atoms with van der Waals surface area (Å²) in [6, 6.07) is 3.36. The van der Waals surface area contributed by atoms with E-state index in [0.717, 1.165) is 11.1 Å². The van der Waals surface area contributed by atoms with Gasteiger partial charge < -0.3 is 5.11 Å². The summed E-state index contributed by atoms with van der Waals surface area (Å²) >= 11 is 0. The molecular formula is C12H13FO. The van der Waals surface area contributed by atoms with E-state index < -0.39 is 0 Å². The second kappa shape index (κ2) is 4.78. The van der Waals surface area contributed by atoms with Gasteiger partial charge >= 0.3 is 0 Å². The van der Waals surface area contributed by atoms with Gasteiger partial charge in [0.05, 0.1) is 12.2 Å². The largest absolute Gasteiger partial charge is 0.395 e. The van der Waals surface area contributed by atoms with Crippen molar-refractivity contribution in [3.8, 4) is 11.8 Å². The molecule has 1 aromatic carbocycles. The van der Waals surface area contributed by atoms with Crippen LogP contribution in [-0.2, 0) is 0 Å². The molecule has 0 aliphatic rings. The Balaban J connectivity index is 3.04. The first-order valence-corrected chi connectivity index (χ1v) is 4.51. The van der Waals surface area contributed by atoms with Crippen LogP contribution in [0.2, 0.25) is 0 Å². The molecule has 1 aromatic rings. The Bertz CT molecular complexity index is 362. The Hall–Kier alpha value is -1.33. The molecule has 1 nitrogen and oxygen atoms in total.